The fraction of sp³-hybridized carbons (Fsp3) is 0.812. The van der Waals surface area contributed by atoms with Crippen molar-refractivity contribution in [2.45, 2.75) is 56.7 Å². The summed E-state index contributed by atoms with van der Waals surface area (Å²) in [4.78, 5) is 35.4. The van der Waals surface area contributed by atoms with E-state index in [0.717, 1.165) is 0 Å². The average Bonchev–Trinajstić information content (AvgIpc) is 2.97. The Kier molecular flexibility index (Phi) is 7.39. The van der Waals surface area contributed by atoms with Gasteiger partial charge < -0.3 is 21.5 Å². The molecule has 1 rings (SSSR count). The largest absolute Gasteiger partial charge is 0.464 e. The molecule has 1 heterocycles. The van der Waals surface area contributed by atoms with Gasteiger partial charge in [0.1, 0.15) is 0 Å². The van der Waals surface area contributed by atoms with Gasteiger partial charge in [0.15, 0.2) is 9.84 Å². The zero-order chi connectivity index (χ0) is 20.9. The molecule has 1 saturated heterocycles. The minimum atomic E-state index is -4.27. The number of carbonyl (C=O) groups is 3. The molecule has 0 aromatic rings. The highest BCUT2D eigenvalue weighted by Gasteiger charge is 2.48. The molecule has 1 aliphatic heterocycles. The number of esters is 1. The van der Waals surface area contributed by atoms with Crippen LogP contribution in [0.1, 0.15) is 47.3 Å². The molecular weight excluding hydrogens is 362 g/mol. The van der Waals surface area contributed by atoms with E-state index in [1.54, 1.807) is 13.8 Å². The molecule has 2 amide bonds. The Labute approximate surface area is 155 Å². The lowest BCUT2D eigenvalue weighted by Crippen LogP contribution is -2.63. The van der Waals surface area contributed by atoms with Crippen LogP contribution in [0.3, 0.4) is 0 Å². The minimum absolute atomic E-state index is 0.0446. The summed E-state index contributed by atoms with van der Waals surface area (Å²) in [6.45, 7) is 3.59. The summed E-state index contributed by atoms with van der Waals surface area (Å²) in [5.74, 6) is -4.18. The van der Waals surface area contributed by atoms with Gasteiger partial charge in [0.05, 0.1) is 17.6 Å². The first-order chi connectivity index (χ1) is 12.4. The summed E-state index contributed by atoms with van der Waals surface area (Å²) in [5, 5.41) is 0.705. The van der Waals surface area contributed by atoms with Crippen LogP contribution in [0.4, 0.5) is 0 Å². The Bertz CT molecular complexity index is 678. The number of amides is 2. The van der Waals surface area contributed by atoms with Crippen LogP contribution in [0, 0.1) is 5.92 Å². The van der Waals surface area contributed by atoms with Crippen LogP contribution < -0.4 is 16.8 Å². The molecule has 0 aliphatic carbocycles. The van der Waals surface area contributed by atoms with Crippen LogP contribution >= 0.6 is 0 Å². The number of carbonyl (C=O) groups excluding carboxylic acids is 3. The number of hydrogen-bond acceptors (Lipinski definition) is 7. The van der Waals surface area contributed by atoms with Gasteiger partial charge in [0.25, 0.3) is 0 Å². The van der Waals surface area contributed by atoms with Gasteiger partial charge in [0.2, 0.25) is 17.4 Å². The monoisotopic (exact) mass is 392 g/mol. The van der Waals surface area contributed by atoms with E-state index in [0.29, 0.717) is 19.4 Å². The molecule has 1 fully saturated rings. The molecule has 0 bridgehead atoms. The van der Waals surface area contributed by atoms with Gasteiger partial charge in [-0.25, -0.2) is 13.2 Å². The van der Waals surface area contributed by atoms with Crippen molar-refractivity contribution in [2.75, 3.05) is 18.9 Å². The molecule has 9 nitrogen and oxygen atoms in total. The smallest absolute Gasteiger partial charge is 0.337 e. The number of primary amides is 1. The van der Waals surface area contributed by atoms with Crippen LogP contribution in [0.15, 0.2) is 0 Å². The van der Waals surface area contributed by atoms with Crippen LogP contribution in [0.25, 0.3) is 0 Å². The van der Waals surface area contributed by atoms with E-state index in [-0.39, 0.29) is 37.7 Å². The summed E-state index contributed by atoms with van der Waals surface area (Å²) in [6, 6.07) is 0. The second kappa shape index (κ2) is 9.31. The Morgan fingerprint density at radius 3 is 2.38 bits per heavy atom. The lowest BCUT2D eigenvalue weighted by atomic mass is 10.0. The van der Waals surface area contributed by atoms with Gasteiger partial charge in [0, 0.05) is 20.3 Å². The number of sulfone groups is 1. The Morgan fingerprint density at radius 2 is 1.96 bits per heavy atom. The molecule has 0 spiro atoms. The maximum Gasteiger partial charge on any atom is 0.337 e. The third-order valence-corrected chi connectivity index (χ3v) is 6.35. The first-order valence-corrected chi connectivity index (χ1v) is 10.3. The SMILES string of the molecule is [2H]C(CCC)(CCC)S(=O)(=O)C[C@](N)(C(N)=O)C(=O)OC[C@@H]1CNC(=O)C1. The Balaban J connectivity index is 2.98. The zero-order valence-corrected chi connectivity index (χ0v) is 16.1. The van der Waals surface area contributed by atoms with Gasteiger partial charge in [-0.2, -0.15) is 0 Å². The van der Waals surface area contributed by atoms with Gasteiger partial charge >= 0.3 is 5.97 Å². The first kappa shape index (κ1) is 20.6. The molecule has 0 unspecified atom stereocenters. The molecule has 0 aromatic heterocycles. The molecule has 5 N–H and O–H groups in total. The molecule has 0 aromatic carbocycles. The second-order valence-corrected chi connectivity index (χ2v) is 8.70. The van der Waals surface area contributed by atoms with Gasteiger partial charge in [-0.3, -0.25) is 9.59 Å². The normalized spacial score (nSPS) is 20.8. The fourth-order valence-corrected chi connectivity index (χ4v) is 4.82. The van der Waals surface area contributed by atoms with Crippen LogP contribution in [0.5, 0.6) is 0 Å². The van der Waals surface area contributed by atoms with E-state index in [4.69, 9.17) is 17.6 Å². The first-order valence-electron chi connectivity index (χ1n) is 9.17. The van der Waals surface area contributed by atoms with Gasteiger partial charge in [-0.05, 0) is 12.8 Å². The molecule has 150 valence electrons. The van der Waals surface area contributed by atoms with Crippen molar-refractivity contribution in [1.29, 1.82) is 0 Å². The van der Waals surface area contributed by atoms with E-state index in [2.05, 4.69) is 5.32 Å². The average molecular weight is 392 g/mol. The van der Waals surface area contributed by atoms with Gasteiger partial charge in [-0.15, -0.1) is 0 Å². The lowest BCUT2D eigenvalue weighted by Gasteiger charge is -2.26. The summed E-state index contributed by atoms with van der Waals surface area (Å²) in [7, 11) is -4.27. The highest BCUT2D eigenvalue weighted by molar-refractivity contribution is 7.92. The predicted molar refractivity (Wildman–Crippen MR) is 95.6 cm³/mol. The second-order valence-electron chi connectivity index (χ2n) is 6.61. The van der Waals surface area contributed by atoms with E-state index in [1.807, 2.05) is 0 Å². The van der Waals surface area contributed by atoms with Crippen molar-refractivity contribution >= 4 is 27.6 Å². The van der Waals surface area contributed by atoms with Crippen LogP contribution in [0.2, 0.25) is 0 Å². The van der Waals surface area contributed by atoms with Gasteiger partial charge in [-0.1, -0.05) is 26.7 Å². The molecular formula is C16H29N3O6S. The van der Waals surface area contributed by atoms with Crippen molar-refractivity contribution < 1.29 is 28.9 Å². The predicted octanol–water partition coefficient (Wildman–Crippen LogP) is -0.768. The number of rotatable bonds is 11. The number of ether oxygens (including phenoxy) is 1. The van der Waals surface area contributed by atoms with E-state index in [9.17, 15) is 22.8 Å². The topological polar surface area (TPSA) is 159 Å². The number of hydrogen-bond donors (Lipinski definition) is 3. The fourth-order valence-electron chi connectivity index (χ4n) is 2.73. The summed E-state index contributed by atoms with van der Waals surface area (Å²) < 4.78 is 39.0. The van der Waals surface area contributed by atoms with Crippen LogP contribution in [-0.2, 0) is 29.0 Å². The summed E-state index contributed by atoms with van der Waals surface area (Å²) in [5.41, 5.74) is 8.40. The van der Waals surface area contributed by atoms with Crippen molar-refractivity contribution in [2.24, 2.45) is 17.4 Å². The molecule has 0 radical (unpaired) electrons. The lowest BCUT2D eigenvalue weighted by molar-refractivity contribution is -0.154. The quantitative estimate of drug-likeness (QED) is 0.307. The van der Waals surface area contributed by atoms with Crippen molar-refractivity contribution in [3.63, 3.8) is 0 Å². The van der Waals surface area contributed by atoms with Crippen molar-refractivity contribution in [3.8, 4) is 0 Å². The third kappa shape index (κ3) is 5.66. The standard InChI is InChI=1S/C16H29N3O6S/c1-3-5-12(6-4-2)26(23,24)10-16(18,14(17)21)15(22)25-9-11-7-13(20)19-8-11/h11-12H,3-10,18H2,1-2H3,(H2,17,21)(H,19,20)/t11-,16-/m0/s1/i12D. The summed E-state index contributed by atoms with van der Waals surface area (Å²) >= 11 is 0. The third-order valence-electron chi connectivity index (χ3n) is 4.23. The van der Waals surface area contributed by atoms with E-state index < -0.39 is 38.2 Å². The number of nitrogens with one attached hydrogen (secondary N) is 1. The highest BCUT2D eigenvalue weighted by Crippen LogP contribution is 2.20. The Hall–Kier alpha value is -1.68. The van der Waals surface area contributed by atoms with E-state index in [1.165, 1.54) is 0 Å². The Morgan fingerprint density at radius 1 is 1.38 bits per heavy atom. The van der Waals surface area contributed by atoms with Crippen LogP contribution in [-0.4, -0.2) is 55.9 Å². The molecule has 2 atom stereocenters. The van der Waals surface area contributed by atoms with Crippen molar-refractivity contribution in [1.82, 2.24) is 5.32 Å². The van der Waals surface area contributed by atoms with E-state index >= 15 is 0 Å². The number of nitrogens with two attached hydrogens (primary N) is 2. The van der Waals surface area contributed by atoms with Crippen molar-refractivity contribution in [3.05, 3.63) is 0 Å². The molecule has 0 saturated carbocycles. The maximum atomic E-state index is 12.8. The zero-order valence-electron chi connectivity index (χ0n) is 16.2. The molecule has 26 heavy (non-hydrogen) atoms. The molecule has 1 aliphatic rings. The highest BCUT2D eigenvalue weighted by atomic mass is 32.2. The molecule has 10 heteroatoms. The maximum absolute atomic E-state index is 12.8. The minimum Gasteiger partial charge on any atom is -0.464 e. The summed E-state index contributed by atoms with van der Waals surface area (Å²) in [6.07, 6.45) is 1.11.